The number of aryl methyl sites for hydroxylation is 1. The molecule has 0 spiro atoms. The van der Waals surface area contributed by atoms with Crippen molar-refractivity contribution >= 4 is 34.7 Å². The molecular formula is C17H19N4NaO6S. The van der Waals surface area contributed by atoms with Crippen molar-refractivity contribution in [2.24, 2.45) is 11.5 Å². The number of primary amides is 2. The minimum Gasteiger partial charge on any atom is -1.00 e. The molecule has 0 saturated heterocycles. The van der Waals surface area contributed by atoms with E-state index in [1.165, 1.54) is 23.2 Å². The van der Waals surface area contributed by atoms with E-state index in [-0.39, 0.29) is 54.4 Å². The SMILES string of the molecule is Cc1ccc2c(c1OC(N)=O)NC(S(=O)O)C1CC(/C=C/C(N)=O)=CN1C2=O.[H-].[Na+]. The molecule has 150 valence electrons. The van der Waals surface area contributed by atoms with Crippen molar-refractivity contribution < 1.29 is 58.9 Å². The van der Waals surface area contributed by atoms with Crippen molar-refractivity contribution in [2.45, 2.75) is 24.8 Å². The number of hydrogen-bond acceptors (Lipinski definition) is 6. The van der Waals surface area contributed by atoms with Gasteiger partial charge in [0.1, 0.15) is 5.37 Å². The second kappa shape index (κ2) is 9.09. The summed E-state index contributed by atoms with van der Waals surface area (Å²) < 4.78 is 26.9. The van der Waals surface area contributed by atoms with E-state index in [9.17, 15) is 23.1 Å². The minimum atomic E-state index is -2.38. The number of ether oxygens (including phenoxy) is 1. The predicted molar refractivity (Wildman–Crippen MR) is 102 cm³/mol. The molecule has 29 heavy (non-hydrogen) atoms. The minimum absolute atomic E-state index is 0. The fourth-order valence-electron chi connectivity index (χ4n) is 3.23. The van der Waals surface area contributed by atoms with E-state index in [1.807, 2.05) is 0 Å². The van der Waals surface area contributed by atoms with Gasteiger partial charge < -0.3 is 32.4 Å². The van der Waals surface area contributed by atoms with Gasteiger partial charge in [0.2, 0.25) is 5.91 Å². The summed E-state index contributed by atoms with van der Waals surface area (Å²) in [5.74, 6) is -1.09. The molecule has 3 amide bonds. The van der Waals surface area contributed by atoms with Crippen LogP contribution in [-0.4, -0.2) is 43.0 Å². The third-order valence-electron chi connectivity index (χ3n) is 4.44. The number of allylic oxidation sites excluding steroid dienone is 1. The maximum absolute atomic E-state index is 13.1. The standard InChI is InChI=1S/C17H18N4O6S.Na.H/c1-8-2-4-10-13(14(8)27-17(19)24)20-15(28(25)26)11-6-9(3-5-12(18)22)7-21(11)16(10)23;;/h2-5,7,11,15,20H,6H2,1H3,(H2,18,22)(H2,19,24)(H,25,26);;/q;+1;-1/b5-3+;;. The van der Waals surface area contributed by atoms with Crippen LogP contribution in [0.5, 0.6) is 5.75 Å². The molecule has 0 aromatic heterocycles. The number of carbonyl (C=O) groups excluding carboxylic acids is 3. The third kappa shape index (κ3) is 4.70. The molecule has 1 aromatic rings. The van der Waals surface area contributed by atoms with Crippen LogP contribution in [0.3, 0.4) is 0 Å². The van der Waals surface area contributed by atoms with E-state index in [0.29, 0.717) is 11.1 Å². The van der Waals surface area contributed by atoms with Gasteiger partial charge in [-0.05, 0) is 30.5 Å². The monoisotopic (exact) mass is 430 g/mol. The van der Waals surface area contributed by atoms with Crippen LogP contribution in [-0.2, 0) is 15.9 Å². The molecule has 2 aliphatic rings. The fraction of sp³-hybridized carbons (Fsp3) is 0.235. The van der Waals surface area contributed by atoms with Gasteiger partial charge in [-0.1, -0.05) is 12.1 Å². The second-order valence-electron chi connectivity index (χ2n) is 6.32. The number of anilines is 1. The van der Waals surface area contributed by atoms with E-state index in [4.69, 9.17) is 16.2 Å². The number of nitrogens with zero attached hydrogens (tertiary/aromatic N) is 1. The van der Waals surface area contributed by atoms with E-state index < -0.39 is 40.4 Å². The Morgan fingerprint density at radius 2 is 2.10 bits per heavy atom. The molecule has 3 atom stereocenters. The Bertz CT molecular complexity index is 970. The average Bonchev–Trinajstić information content (AvgIpc) is 2.98. The molecular weight excluding hydrogens is 411 g/mol. The summed E-state index contributed by atoms with van der Waals surface area (Å²) >= 11 is -2.38. The predicted octanol–water partition coefficient (Wildman–Crippen LogP) is -2.32. The summed E-state index contributed by atoms with van der Waals surface area (Å²) in [5.41, 5.74) is 11.6. The van der Waals surface area contributed by atoms with Crippen molar-refractivity contribution in [1.82, 2.24) is 4.90 Å². The maximum Gasteiger partial charge on any atom is 1.00 e. The van der Waals surface area contributed by atoms with E-state index in [0.717, 1.165) is 6.08 Å². The van der Waals surface area contributed by atoms with Gasteiger partial charge in [-0.3, -0.25) is 9.59 Å². The van der Waals surface area contributed by atoms with E-state index in [2.05, 4.69) is 5.32 Å². The van der Waals surface area contributed by atoms with Crippen LogP contribution >= 0.6 is 0 Å². The molecule has 2 heterocycles. The molecule has 0 fully saturated rings. The largest absolute Gasteiger partial charge is 1.00 e. The van der Waals surface area contributed by atoms with Crippen molar-refractivity contribution in [3.05, 3.63) is 47.2 Å². The summed E-state index contributed by atoms with van der Waals surface area (Å²) in [5, 5.41) is 1.78. The van der Waals surface area contributed by atoms with E-state index >= 15 is 0 Å². The van der Waals surface area contributed by atoms with Crippen molar-refractivity contribution in [1.29, 1.82) is 0 Å². The number of rotatable bonds is 4. The van der Waals surface area contributed by atoms with Crippen molar-refractivity contribution in [2.75, 3.05) is 5.32 Å². The number of fused-ring (bicyclic) bond motifs is 2. The molecule has 2 aliphatic heterocycles. The number of nitrogens with one attached hydrogen (secondary N) is 1. The molecule has 1 aromatic carbocycles. The number of benzene rings is 1. The van der Waals surface area contributed by atoms with E-state index in [1.54, 1.807) is 13.0 Å². The van der Waals surface area contributed by atoms with Crippen LogP contribution in [0.4, 0.5) is 10.5 Å². The molecule has 0 radical (unpaired) electrons. The Balaban J connectivity index is 0.00000225. The number of nitrogens with two attached hydrogens (primary N) is 2. The Morgan fingerprint density at radius 3 is 2.69 bits per heavy atom. The Labute approximate surface area is 192 Å². The zero-order valence-corrected chi connectivity index (χ0v) is 18.6. The van der Waals surface area contributed by atoms with Crippen LogP contribution in [0.1, 0.15) is 23.8 Å². The Hall–Kier alpha value is -2.18. The Kier molecular flexibility index (Phi) is 7.25. The summed E-state index contributed by atoms with van der Waals surface area (Å²) in [6.07, 6.45) is 3.25. The first-order valence-electron chi connectivity index (χ1n) is 8.17. The Morgan fingerprint density at radius 1 is 1.41 bits per heavy atom. The van der Waals surface area contributed by atoms with Gasteiger partial charge in [-0.25, -0.2) is 9.00 Å². The molecule has 12 heteroatoms. The first kappa shape index (κ1) is 23.1. The van der Waals surface area contributed by atoms with Gasteiger partial charge in [-0.2, -0.15) is 0 Å². The van der Waals surface area contributed by atoms with Crippen LogP contribution < -0.4 is 51.1 Å². The molecule has 0 aliphatic carbocycles. The topological polar surface area (TPSA) is 165 Å². The fourth-order valence-corrected chi connectivity index (χ4v) is 3.95. The van der Waals surface area contributed by atoms with Crippen molar-refractivity contribution in [3.63, 3.8) is 0 Å². The smallest absolute Gasteiger partial charge is 1.00 e. The van der Waals surface area contributed by atoms with Gasteiger partial charge in [0, 0.05) is 12.3 Å². The molecule has 6 N–H and O–H groups in total. The van der Waals surface area contributed by atoms with Gasteiger partial charge >= 0.3 is 35.7 Å². The second-order valence-corrected chi connectivity index (χ2v) is 7.38. The molecule has 3 rings (SSSR count). The third-order valence-corrected chi connectivity index (χ3v) is 5.31. The van der Waals surface area contributed by atoms with Crippen LogP contribution in [0.15, 0.2) is 36.1 Å². The van der Waals surface area contributed by atoms with Crippen LogP contribution in [0.25, 0.3) is 0 Å². The first-order valence-corrected chi connectivity index (χ1v) is 9.34. The summed E-state index contributed by atoms with van der Waals surface area (Å²) in [4.78, 5) is 36.6. The van der Waals surface area contributed by atoms with Gasteiger partial charge in [0.15, 0.2) is 16.8 Å². The molecule has 10 nitrogen and oxygen atoms in total. The summed E-state index contributed by atoms with van der Waals surface area (Å²) in [6.45, 7) is 1.65. The number of carbonyl (C=O) groups is 3. The van der Waals surface area contributed by atoms with Crippen LogP contribution in [0, 0.1) is 6.92 Å². The summed E-state index contributed by atoms with van der Waals surface area (Å²) in [6, 6.07) is 2.40. The molecule has 0 bridgehead atoms. The van der Waals surface area contributed by atoms with Gasteiger partial charge in [0.05, 0.1) is 17.3 Å². The summed E-state index contributed by atoms with van der Waals surface area (Å²) in [7, 11) is 0. The van der Waals surface area contributed by atoms with Crippen LogP contribution in [0.2, 0.25) is 0 Å². The molecule has 3 unspecified atom stereocenters. The van der Waals surface area contributed by atoms with Gasteiger partial charge in [-0.15, -0.1) is 0 Å². The van der Waals surface area contributed by atoms with Crippen molar-refractivity contribution in [3.8, 4) is 5.75 Å². The zero-order valence-electron chi connectivity index (χ0n) is 16.7. The molecule has 0 saturated carbocycles. The zero-order chi connectivity index (χ0) is 20.6. The maximum atomic E-state index is 13.1. The number of hydrogen-bond donors (Lipinski definition) is 4. The number of amides is 3. The normalized spacial score (nSPS) is 21.2. The van der Waals surface area contributed by atoms with Gasteiger partial charge in [0.25, 0.3) is 5.91 Å². The average molecular weight is 430 g/mol. The quantitative estimate of drug-likeness (QED) is 0.236. The first-order chi connectivity index (χ1) is 13.2.